The van der Waals surface area contributed by atoms with Crippen molar-refractivity contribution in [2.45, 2.75) is 70.5 Å². The lowest BCUT2D eigenvalue weighted by Gasteiger charge is -2.16. The number of fused-ring (bicyclic) bond motifs is 1. The Morgan fingerprint density at radius 1 is 1.08 bits per heavy atom. The Balaban J connectivity index is 1.45. The van der Waals surface area contributed by atoms with Crippen LogP contribution in [0.1, 0.15) is 50.5 Å². The number of aryl methyl sites for hydroxylation is 1. The fourth-order valence-electron chi connectivity index (χ4n) is 4.26. The predicted molar refractivity (Wildman–Crippen MR) is 133 cm³/mol. The van der Waals surface area contributed by atoms with E-state index in [0.29, 0.717) is 37.0 Å². The molecule has 11 heteroatoms. The van der Waals surface area contributed by atoms with Gasteiger partial charge < -0.3 is 30.8 Å². The van der Waals surface area contributed by atoms with Gasteiger partial charge in [0.05, 0.1) is 6.33 Å². The number of imidazole rings is 1. The van der Waals surface area contributed by atoms with Gasteiger partial charge in [-0.2, -0.15) is 9.97 Å². The Labute approximate surface area is 208 Å². The summed E-state index contributed by atoms with van der Waals surface area (Å²) in [4.78, 5) is 36.5. The molecule has 1 aliphatic heterocycles. The Hall–Kier alpha value is -3.41. The number of ketones is 2. The Kier molecular flexibility index (Phi) is 7.92. The fourth-order valence-corrected chi connectivity index (χ4v) is 4.26. The third-order valence-electron chi connectivity index (χ3n) is 6.26. The van der Waals surface area contributed by atoms with Crippen molar-refractivity contribution in [1.29, 1.82) is 0 Å². The summed E-state index contributed by atoms with van der Waals surface area (Å²) in [6.45, 7) is 3.99. The molecule has 0 spiro atoms. The zero-order valence-electron chi connectivity index (χ0n) is 20.4. The molecule has 192 valence electrons. The highest BCUT2D eigenvalue weighted by Gasteiger charge is 2.47. The fraction of sp³-hybridized carbons (Fsp3) is 0.480. The zero-order chi connectivity index (χ0) is 25.8. The van der Waals surface area contributed by atoms with Crippen molar-refractivity contribution in [3.63, 3.8) is 0 Å². The number of nitrogen functional groups attached to an aromatic ring is 1. The minimum atomic E-state index is -1.35. The van der Waals surface area contributed by atoms with Crippen LogP contribution in [0.2, 0.25) is 0 Å². The van der Waals surface area contributed by atoms with Crippen LogP contribution in [0.25, 0.3) is 11.2 Å². The number of ether oxygens (including phenoxy) is 1. The molecule has 1 aromatic carbocycles. The smallest absolute Gasteiger partial charge is 0.226 e. The first-order valence-corrected chi connectivity index (χ1v) is 12.1. The lowest BCUT2D eigenvalue weighted by atomic mass is 10.0. The van der Waals surface area contributed by atoms with Gasteiger partial charge in [-0.25, -0.2) is 4.98 Å². The second kappa shape index (κ2) is 11.1. The molecule has 11 nitrogen and oxygen atoms in total. The average molecular weight is 497 g/mol. The van der Waals surface area contributed by atoms with Crippen molar-refractivity contribution in [2.75, 3.05) is 17.6 Å². The summed E-state index contributed by atoms with van der Waals surface area (Å²) in [5.74, 6) is 0.351. The normalized spacial score (nSPS) is 21.7. The molecule has 0 amide bonds. The minimum absolute atomic E-state index is 0.155. The maximum absolute atomic E-state index is 12.3. The monoisotopic (exact) mass is 496 g/mol. The van der Waals surface area contributed by atoms with Gasteiger partial charge in [0.1, 0.15) is 29.6 Å². The van der Waals surface area contributed by atoms with E-state index >= 15 is 0 Å². The molecule has 4 atom stereocenters. The second-order valence-electron chi connectivity index (χ2n) is 9.10. The average Bonchev–Trinajstić information content (AvgIpc) is 3.40. The van der Waals surface area contributed by atoms with Crippen molar-refractivity contribution in [2.24, 2.45) is 0 Å². The summed E-state index contributed by atoms with van der Waals surface area (Å²) in [5.41, 5.74) is 8.99. The van der Waals surface area contributed by atoms with Gasteiger partial charge in [-0.1, -0.05) is 31.2 Å². The zero-order valence-corrected chi connectivity index (χ0v) is 20.4. The molecule has 36 heavy (non-hydrogen) atoms. The maximum Gasteiger partial charge on any atom is 0.226 e. The third kappa shape index (κ3) is 5.53. The van der Waals surface area contributed by atoms with E-state index in [4.69, 9.17) is 10.5 Å². The summed E-state index contributed by atoms with van der Waals surface area (Å²) in [5, 5.41) is 24.1. The molecule has 5 N–H and O–H groups in total. The molecule has 0 radical (unpaired) electrons. The Morgan fingerprint density at radius 3 is 2.44 bits per heavy atom. The van der Waals surface area contributed by atoms with Crippen molar-refractivity contribution in [3.05, 3.63) is 41.7 Å². The van der Waals surface area contributed by atoms with Gasteiger partial charge in [0, 0.05) is 19.4 Å². The van der Waals surface area contributed by atoms with Crippen LogP contribution < -0.4 is 11.1 Å². The van der Waals surface area contributed by atoms with E-state index in [0.717, 1.165) is 17.5 Å². The van der Waals surface area contributed by atoms with E-state index in [1.165, 1.54) is 10.9 Å². The van der Waals surface area contributed by atoms with E-state index in [-0.39, 0.29) is 29.8 Å². The Morgan fingerprint density at radius 2 is 1.78 bits per heavy atom. The molecule has 0 bridgehead atoms. The first kappa shape index (κ1) is 25.7. The van der Waals surface area contributed by atoms with Gasteiger partial charge in [-0.3, -0.25) is 9.36 Å². The highest BCUT2D eigenvalue weighted by atomic mass is 16.6. The number of carbonyl (C=O) groups excluding carboxylic acids is 2. The summed E-state index contributed by atoms with van der Waals surface area (Å²) in [6.07, 6.45) is -0.594. The Bertz CT molecular complexity index is 1230. The molecule has 0 aliphatic carbocycles. The van der Waals surface area contributed by atoms with E-state index in [1.807, 2.05) is 31.2 Å². The van der Waals surface area contributed by atoms with E-state index in [9.17, 15) is 19.8 Å². The first-order chi connectivity index (χ1) is 17.3. The van der Waals surface area contributed by atoms with E-state index < -0.39 is 24.5 Å². The molecule has 4 rings (SSSR count). The summed E-state index contributed by atoms with van der Waals surface area (Å²) < 4.78 is 7.21. The quantitative estimate of drug-likeness (QED) is 0.306. The SMILES string of the molecule is CCCC(=O)[C@H]1O[C@@H](n2cnc3c(N)nc(NCCc4ccc(CCC(C)=O)cc4)nc32)C(O)[C@H]1O. The second-order valence-corrected chi connectivity index (χ2v) is 9.10. The lowest BCUT2D eigenvalue weighted by molar-refractivity contribution is -0.135. The van der Waals surface area contributed by atoms with Gasteiger partial charge >= 0.3 is 0 Å². The maximum atomic E-state index is 12.3. The van der Waals surface area contributed by atoms with Gasteiger partial charge in [-0.05, 0) is 37.3 Å². The van der Waals surface area contributed by atoms with Crippen molar-refractivity contribution >= 4 is 34.5 Å². The van der Waals surface area contributed by atoms with Gasteiger partial charge in [0.15, 0.2) is 23.5 Å². The van der Waals surface area contributed by atoms with Crippen LogP contribution in [0, 0.1) is 0 Å². The summed E-state index contributed by atoms with van der Waals surface area (Å²) in [7, 11) is 0. The number of benzene rings is 1. The number of aromatic nitrogens is 4. The third-order valence-corrected chi connectivity index (χ3v) is 6.26. The minimum Gasteiger partial charge on any atom is -0.387 e. The summed E-state index contributed by atoms with van der Waals surface area (Å²) in [6, 6.07) is 8.12. The first-order valence-electron chi connectivity index (χ1n) is 12.1. The van der Waals surface area contributed by atoms with Gasteiger partial charge in [-0.15, -0.1) is 0 Å². The molecule has 1 fully saturated rings. The number of nitrogens with one attached hydrogen (secondary N) is 1. The van der Waals surface area contributed by atoms with Crippen LogP contribution in [-0.2, 0) is 27.2 Å². The molecular weight excluding hydrogens is 464 g/mol. The predicted octanol–water partition coefficient (Wildman–Crippen LogP) is 1.57. The van der Waals surface area contributed by atoms with Crippen LogP contribution in [0.4, 0.5) is 11.8 Å². The molecule has 1 unspecified atom stereocenters. The van der Waals surface area contributed by atoms with Crippen LogP contribution in [0.5, 0.6) is 0 Å². The van der Waals surface area contributed by atoms with E-state index in [2.05, 4.69) is 20.3 Å². The number of carbonyl (C=O) groups is 2. The number of hydrogen-bond acceptors (Lipinski definition) is 10. The van der Waals surface area contributed by atoms with E-state index in [1.54, 1.807) is 6.92 Å². The molecule has 0 saturated carbocycles. The highest BCUT2D eigenvalue weighted by Crippen LogP contribution is 2.33. The van der Waals surface area contributed by atoms with Crippen molar-refractivity contribution in [1.82, 2.24) is 19.5 Å². The van der Waals surface area contributed by atoms with Crippen LogP contribution in [0.15, 0.2) is 30.6 Å². The number of nitrogens with two attached hydrogens (primary N) is 1. The number of rotatable bonds is 11. The molecular formula is C25H32N6O5. The number of Topliss-reactive ketones (excluding diaryl/α,β-unsaturated/α-hetero) is 2. The molecule has 2 aromatic heterocycles. The van der Waals surface area contributed by atoms with Gasteiger partial charge in [0.25, 0.3) is 0 Å². The molecule has 1 aliphatic rings. The molecule has 3 heterocycles. The number of aliphatic hydroxyl groups excluding tert-OH is 2. The number of aliphatic hydroxyl groups is 2. The molecule has 3 aromatic rings. The lowest BCUT2D eigenvalue weighted by Crippen LogP contribution is -2.35. The summed E-state index contributed by atoms with van der Waals surface area (Å²) >= 11 is 0. The largest absolute Gasteiger partial charge is 0.387 e. The van der Waals surface area contributed by atoms with Crippen LogP contribution in [0.3, 0.4) is 0 Å². The van der Waals surface area contributed by atoms with Crippen molar-refractivity contribution < 1.29 is 24.5 Å². The number of anilines is 2. The van der Waals surface area contributed by atoms with Gasteiger partial charge in [0.2, 0.25) is 5.95 Å². The van der Waals surface area contributed by atoms with Crippen LogP contribution >= 0.6 is 0 Å². The standard InChI is InChI=1S/C25H32N6O5/c1-3-4-17(33)21-19(34)20(35)24(36-21)31-13-28-18-22(26)29-25(30-23(18)31)27-12-11-16-9-7-15(8-10-16)6-5-14(2)32/h7-10,13,19-21,24,34-35H,3-6,11-12H2,1-2H3,(H3,26,27,29,30)/t19-,20?,21-,24-/m1/s1. The van der Waals surface area contributed by atoms with Crippen molar-refractivity contribution in [3.8, 4) is 0 Å². The van der Waals surface area contributed by atoms with Crippen LogP contribution in [-0.4, -0.2) is 66.2 Å². The molecule has 1 saturated heterocycles. The number of nitrogens with zero attached hydrogens (tertiary/aromatic N) is 4. The topological polar surface area (TPSA) is 165 Å². The highest BCUT2D eigenvalue weighted by molar-refractivity contribution is 5.85. The number of hydrogen-bond donors (Lipinski definition) is 4.